The number of pyridine rings is 1. The van der Waals surface area contributed by atoms with Gasteiger partial charge in [0.2, 0.25) is 0 Å². The Morgan fingerprint density at radius 1 is 1.13 bits per heavy atom. The molecule has 1 atom stereocenters. The van der Waals surface area contributed by atoms with E-state index in [1.165, 1.54) is 0 Å². The molecule has 1 aromatic carbocycles. The van der Waals surface area contributed by atoms with E-state index in [1.54, 1.807) is 11.1 Å². The molecule has 0 saturated carbocycles. The highest BCUT2D eigenvalue weighted by Crippen LogP contribution is 2.36. The normalized spacial score (nSPS) is 16.8. The van der Waals surface area contributed by atoms with Gasteiger partial charge < -0.3 is 9.64 Å². The molecule has 2 amide bonds. The van der Waals surface area contributed by atoms with Gasteiger partial charge in [0.1, 0.15) is 11.4 Å². The van der Waals surface area contributed by atoms with Crippen molar-refractivity contribution in [1.82, 2.24) is 9.88 Å². The molecule has 0 spiro atoms. The van der Waals surface area contributed by atoms with Gasteiger partial charge in [-0.1, -0.05) is 24.3 Å². The van der Waals surface area contributed by atoms with E-state index in [0.29, 0.717) is 24.5 Å². The number of ether oxygens (including phenoxy) is 1. The largest absolute Gasteiger partial charge is 0.443 e. The highest BCUT2D eigenvalue weighted by molar-refractivity contribution is 5.95. The van der Waals surface area contributed by atoms with Crippen LogP contribution in [0.4, 0.5) is 10.6 Å². The molecule has 0 bridgehead atoms. The van der Waals surface area contributed by atoms with Crippen LogP contribution in [0.15, 0.2) is 48.7 Å². The molecular weight excluding hydrogens is 378 g/mol. The molecule has 1 aliphatic rings. The number of piperidine rings is 1. The standard InChI is InChI=1S/C24H31N3O3/c1-5-26(23(29)30-24(2,3)4)21-19(14-11-16-25-21)20-15-9-10-17-27(20)22(28)18-12-7-6-8-13-18/h6-8,11-14,16,20H,5,9-10,15,17H2,1-4H3. The molecule has 2 heterocycles. The lowest BCUT2D eigenvalue weighted by Gasteiger charge is -2.38. The number of hydrogen-bond acceptors (Lipinski definition) is 4. The van der Waals surface area contributed by atoms with Crippen molar-refractivity contribution in [3.05, 3.63) is 59.8 Å². The van der Waals surface area contributed by atoms with Crippen molar-refractivity contribution in [1.29, 1.82) is 0 Å². The Labute approximate surface area is 178 Å². The molecule has 30 heavy (non-hydrogen) atoms. The van der Waals surface area contributed by atoms with Crippen molar-refractivity contribution in [2.24, 2.45) is 0 Å². The van der Waals surface area contributed by atoms with Crippen molar-refractivity contribution in [2.75, 3.05) is 18.0 Å². The number of carbonyl (C=O) groups is 2. The Hall–Kier alpha value is -2.89. The first-order valence-electron chi connectivity index (χ1n) is 10.6. The van der Waals surface area contributed by atoms with Crippen LogP contribution in [-0.2, 0) is 4.74 Å². The lowest BCUT2D eigenvalue weighted by molar-refractivity contribution is 0.0579. The monoisotopic (exact) mass is 409 g/mol. The van der Waals surface area contributed by atoms with Gasteiger partial charge in [-0.3, -0.25) is 9.69 Å². The molecule has 1 saturated heterocycles. The minimum Gasteiger partial charge on any atom is -0.443 e. The second-order valence-electron chi connectivity index (χ2n) is 8.52. The van der Waals surface area contributed by atoms with Gasteiger partial charge in [0.25, 0.3) is 5.91 Å². The summed E-state index contributed by atoms with van der Waals surface area (Å²) in [5.41, 5.74) is 0.961. The summed E-state index contributed by atoms with van der Waals surface area (Å²) in [5, 5.41) is 0. The summed E-state index contributed by atoms with van der Waals surface area (Å²) in [5.74, 6) is 0.572. The fourth-order valence-electron chi connectivity index (χ4n) is 3.82. The summed E-state index contributed by atoms with van der Waals surface area (Å²) in [4.78, 5) is 34.1. The molecule has 1 unspecified atom stereocenters. The number of anilines is 1. The topological polar surface area (TPSA) is 62.7 Å². The summed E-state index contributed by atoms with van der Waals surface area (Å²) >= 11 is 0. The summed E-state index contributed by atoms with van der Waals surface area (Å²) in [6.45, 7) is 8.55. The van der Waals surface area contributed by atoms with Crippen LogP contribution in [0.25, 0.3) is 0 Å². The minimum absolute atomic E-state index is 0.00965. The Morgan fingerprint density at radius 3 is 2.53 bits per heavy atom. The van der Waals surface area contributed by atoms with Gasteiger partial charge in [-0.05, 0) is 65.2 Å². The first-order valence-corrected chi connectivity index (χ1v) is 10.6. The number of benzene rings is 1. The molecule has 0 radical (unpaired) electrons. The first kappa shape index (κ1) is 21.8. The molecule has 0 N–H and O–H groups in total. The van der Waals surface area contributed by atoms with E-state index >= 15 is 0 Å². The number of amides is 2. The van der Waals surface area contributed by atoms with Crippen molar-refractivity contribution in [3.63, 3.8) is 0 Å². The number of rotatable bonds is 4. The second-order valence-corrected chi connectivity index (χ2v) is 8.52. The lowest BCUT2D eigenvalue weighted by atomic mass is 9.94. The Morgan fingerprint density at radius 2 is 1.87 bits per heavy atom. The maximum atomic E-state index is 13.3. The van der Waals surface area contributed by atoms with Crippen LogP contribution in [-0.4, -0.2) is 40.6 Å². The third kappa shape index (κ3) is 4.99. The van der Waals surface area contributed by atoms with E-state index in [-0.39, 0.29) is 11.9 Å². The van der Waals surface area contributed by atoms with Crippen LogP contribution in [0, 0.1) is 0 Å². The van der Waals surface area contributed by atoms with Gasteiger partial charge in [0.05, 0.1) is 6.04 Å². The summed E-state index contributed by atoms with van der Waals surface area (Å²) in [6.07, 6.45) is 4.08. The molecule has 3 rings (SSSR count). The van der Waals surface area contributed by atoms with Crippen LogP contribution >= 0.6 is 0 Å². The van der Waals surface area contributed by atoms with Gasteiger partial charge in [-0.15, -0.1) is 0 Å². The predicted octanol–water partition coefficient (Wildman–Crippen LogP) is 5.21. The zero-order valence-electron chi connectivity index (χ0n) is 18.3. The van der Waals surface area contributed by atoms with Crippen LogP contribution in [0.3, 0.4) is 0 Å². The van der Waals surface area contributed by atoms with Crippen molar-refractivity contribution < 1.29 is 14.3 Å². The summed E-state index contributed by atoms with van der Waals surface area (Å²) in [7, 11) is 0. The number of likely N-dealkylation sites (tertiary alicyclic amines) is 1. The Bertz CT molecular complexity index is 877. The van der Waals surface area contributed by atoms with Crippen LogP contribution in [0.5, 0.6) is 0 Å². The number of carbonyl (C=O) groups excluding carboxylic acids is 2. The fourth-order valence-corrected chi connectivity index (χ4v) is 3.82. The van der Waals surface area contributed by atoms with Crippen LogP contribution < -0.4 is 4.90 Å². The van der Waals surface area contributed by atoms with Crippen LogP contribution in [0.2, 0.25) is 0 Å². The molecule has 1 aromatic heterocycles. The van der Waals surface area contributed by atoms with E-state index in [1.807, 2.05) is 75.1 Å². The van der Waals surface area contributed by atoms with Crippen molar-refractivity contribution in [2.45, 2.75) is 58.6 Å². The molecule has 6 heteroatoms. The van der Waals surface area contributed by atoms with Crippen LogP contribution in [0.1, 0.15) is 68.9 Å². The molecule has 1 aliphatic heterocycles. The maximum absolute atomic E-state index is 13.3. The smallest absolute Gasteiger partial charge is 0.415 e. The average molecular weight is 410 g/mol. The van der Waals surface area contributed by atoms with E-state index < -0.39 is 11.7 Å². The third-order valence-electron chi connectivity index (χ3n) is 5.15. The Balaban J connectivity index is 1.96. The zero-order valence-corrected chi connectivity index (χ0v) is 18.3. The SMILES string of the molecule is CCN(C(=O)OC(C)(C)C)c1ncccc1C1CCCCN1C(=O)c1ccccc1. The van der Waals surface area contributed by atoms with E-state index in [0.717, 1.165) is 24.8 Å². The molecule has 6 nitrogen and oxygen atoms in total. The fraction of sp³-hybridized carbons (Fsp3) is 0.458. The van der Waals surface area contributed by atoms with Gasteiger partial charge in [-0.2, -0.15) is 0 Å². The van der Waals surface area contributed by atoms with E-state index in [2.05, 4.69) is 4.98 Å². The zero-order chi connectivity index (χ0) is 21.7. The number of aromatic nitrogens is 1. The predicted molar refractivity (Wildman–Crippen MR) is 118 cm³/mol. The average Bonchev–Trinajstić information content (AvgIpc) is 2.73. The van der Waals surface area contributed by atoms with Crippen molar-refractivity contribution in [3.8, 4) is 0 Å². The van der Waals surface area contributed by atoms with Gasteiger partial charge >= 0.3 is 6.09 Å². The van der Waals surface area contributed by atoms with E-state index in [4.69, 9.17) is 4.74 Å². The number of nitrogens with zero attached hydrogens (tertiary/aromatic N) is 3. The highest BCUT2D eigenvalue weighted by atomic mass is 16.6. The molecule has 0 aliphatic carbocycles. The first-order chi connectivity index (χ1) is 14.3. The van der Waals surface area contributed by atoms with Gasteiger partial charge in [0, 0.05) is 30.4 Å². The molecule has 2 aromatic rings. The summed E-state index contributed by atoms with van der Waals surface area (Å²) in [6, 6.07) is 13.1. The molecule has 160 valence electrons. The summed E-state index contributed by atoms with van der Waals surface area (Å²) < 4.78 is 5.60. The van der Waals surface area contributed by atoms with Gasteiger partial charge in [-0.25, -0.2) is 9.78 Å². The highest BCUT2D eigenvalue weighted by Gasteiger charge is 2.33. The second kappa shape index (κ2) is 9.28. The number of hydrogen-bond donors (Lipinski definition) is 0. The van der Waals surface area contributed by atoms with Crippen molar-refractivity contribution >= 4 is 17.8 Å². The quantitative estimate of drug-likeness (QED) is 0.695. The maximum Gasteiger partial charge on any atom is 0.415 e. The van der Waals surface area contributed by atoms with E-state index in [9.17, 15) is 9.59 Å². The molecule has 1 fully saturated rings. The Kier molecular flexibility index (Phi) is 6.75. The lowest BCUT2D eigenvalue weighted by Crippen LogP contribution is -2.41. The minimum atomic E-state index is -0.598. The van der Waals surface area contributed by atoms with Gasteiger partial charge in [0.15, 0.2) is 0 Å². The third-order valence-corrected chi connectivity index (χ3v) is 5.15. The molecular formula is C24H31N3O3.